The van der Waals surface area contributed by atoms with Gasteiger partial charge in [0, 0.05) is 9.90 Å². The Morgan fingerprint density at radius 2 is 2.22 bits per heavy atom. The molecule has 23 heavy (non-hydrogen) atoms. The van der Waals surface area contributed by atoms with E-state index in [0.29, 0.717) is 17.5 Å². The number of hydrogen-bond donors (Lipinski definition) is 0. The molecule has 1 aromatic carbocycles. The van der Waals surface area contributed by atoms with E-state index in [4.69, 9.17) is 11.6 Å². The van der Waals surface area contributed by atoms with Crippen molar-refractivity contribution in [2.45, 2.75) is 32.7 Å². The zero-order valence-corrected chi connectivity index (χ0v) is 14.5. The third-order valence-corrected chi connectivity index (χ3v) is 6.11. The minimum absolute atomic E-state index is 0.0574. The molecule has 1 aliphatic rings. The number of fused-ring (bicyclic) bond motifs is 3. The maximum Gasteiger partial charge on any atom is 0.262 e. The molecule has 5 heteroatoms. The smallest absolute Gasteiger partial charge is 0.262 e. The number of rotatable bonds is 2. The van der Waals surface area contributed by atoms with E-state index in [1.54, 1.807) is 22.2 Å². The van der Waals surface area contributed by atoms with Crippen molar-refractivity contribution >= 4 is 33.2 Å². The summed E-state index contributed by atoms with van der Waals surface area (Å²) in [6.45, 7) is 2.74. The molecule has 2 aromatic heterocycles. The number of halogens is 1. The number of benzene rings is 1. The molecule has 3 aromatic rings. The summed E-state index contributed by atoms with van der Waals surface area (Å²) in [4.78, 5) is 19.7. The Labute approximate surface area is 143 Å². The predicted octanol–water partition coefficient (Wildman–Crippen LogP) is 4.28. The fourth-order valence-corrected chi connectivity index (χ4v) is 4.83. The lowest BCUT2D eigenvalue weighted by Crippen LogP contribution is -2.22. The van der Waals surface area contributed by atoms with Crippen LogP contribution in [0.5, 0.6) is 0 Å². The number of aryl methyl sites for hydroxylation is 1. The number of thiophene rings is 1. The van der Waals surface area contributed by atoms with Crippen LogP contribution in [0.3, 0.4) is 0 Å². The summed E-state index contributed by atoms with van der Waals surface area (Å²) in [6.07, 6.45) is 4.86. The van der Waals surface area contributed by atoms with Gasteiger partial charge in [0.15, 0.2) is 0 Å². The van der Waals surface area contributed by atoms with Gasteiger partial charge in [-0.1, -0.05) is 36.7 Å². The van der Waals surface area contributed by atoms with Crippen molar-refractivity contribution in [1.82, 2.24) is 9.55 Å². The lowest BCUT2D eigenvalue weighted by molar-refractivity contribution is 0.509. The molecular formula is C18H17ClN2OS. The summed E-state index contributed by atoms with van der Waals surface area (Å²) < 4.78 is 1.68. The van der Waals surface area contributed by atoms with Crippen molar-refractivity contribution in [3.05, 3.63) is 62.0 Å². The molecule has 0 radical (unpaired) electrons. The topological polar surface area (TPSA) is 34.9 Å². The molecule has 0 saturated heterocycles. The SMILES string of the molecule is C[C@H]1CCc2c(sc3ncn(Cc4ccccc4Cl)c(=O)c23)C1. The normalized spacial score (nSPS) is 17.4. The highest BCUT2D eigenvalue weighted by atomic mass is 35.5. The third-order valence-electron chi connectivity index (χ3n) is 4.58. The van der Waals surface area contributed by atoms with Crippen LogP contribution in [-0.4, -0.2) is 9.55 Å². The van der Waals surface area contributed by atoms with E-state index in [2.05, 4.69) is 11.9 Å². The van der Waals surface area contributed by atoms with Gasteiger partial charge in [-0.3, -0.25) is 9.36 Å². The second-order valence-corrected chi connectivity index (χ2v) is 7.79. The first-order valence-corrected chi connectivity index (χ1v) is 9.06. The molecule has 0 aliphatic heterocycles. The average molecular weight is 345 g/mol. The van der Waals surface area contributed by atoms with Crippen molar-refractivity contribution in [3.63, 3.8) is 0 Å². The second kappa shape index (κ2) is 5.77. The van der Waals surface area contributed by atoms with Gasteiger partial charge >= 0.3 is 0 Å². The van der Waals surface area contributed by atoms with Crippen LogP contribution in [0.2, 0.25) is 5.02 Å². The van der Waals surface area contributed by atoms with Crippen LogP contribution in [0.15, 0.2) is 35.4 Å². The lowest BCUT2D eigenvalue weighted by Gasteiger charge is -2.17. The highest BCUT2D eigenvalue weighted by Crippen LogP contribution is 2.35. The number of hydrogen-bond acceptors (Lipinski definition) is 3. The molecular weight excluding hydrogens is 328 g/mol. The highest BCUT2D eigenvalue weighted by Gasteiger charge is 2.23. The van der Waals surface area contributed by atoms with E-state index in [9.17, 15) is 4.79 Å². The molecule has 4 rings (SSSR count). The van der Waals surface area contributed by atoms with Gasteiger partial charge in [-0.05, 0) is 42.4 Å². The molecule has 0 bridgehead atoms. The summed E-state index contributed by atoms with van der Waals surface area (Å²) in [6, 6.07) is 7.63. The summed E-state index contributed by atoms with van der Waals surface area (Å²) in [5, 5.41) is 1.51. The molecule has 2 heterocycles. The van der Waals surface area contributed by atoms with Crippen molar-refractivity contribution in [2.75, 3.05) is 0 Å². The van der Waals surface area contributed by atoms with E-state index in [-0.39, 0.29) is 5.56 Å². The molecule has 0 amide bonds. The van der Waals surface area contributed by atoms with Gasteiger partial charge in [0.1, 0.15) is 4.83 Å². The van der Waals surface area contributed by atoms with Crippen molar-refractivity contribution in [3.8, 4) is 0 Å². The summed E-state index contributed by atoms with van der Waals surface area (Å²) in [5.74, 6) is 0.695. The first-order chi connectivity index (χ1) is 11.1. The molecule has 1 aliphatic carbocycles. The molecule has 3 nitrogen and oxygen atoms in total. The zero-order valence-electron chi connectivity index (χ0n) is 12.9. The van der Waals surface area contributed by atoms with Crippen molar-refractivity contribution in [1.29, 1.82) is 0 Å². The molecule has 0 unspecified atom stereocenters. The van der Waals surface area contributed by atoms with Crippen molar-refractivity contribution < 1.29 is 0 Å². The van der Waals surface area contributed by atoms with E-state index in [1.165, 1.54) is 10.4 Å². The Balaban J connectivity index is 1.82. The lowest BCUT2D eigenvalue weighted by atomic mass is 9.89. The zero-order chi connectivity index (χ0) is 16.0. The minimum Gasteiger partial charge on any atom is -0.294 e. The summed E-state index contributed by atoms with van der Waals surface area (Å²) >= 11 is 7.91. The predicted molar refractivity (Wildman–Crippen MR) is 95.6 cm³/mol. The summed E-state index contributed by atoms with van der Waals surface area (Å²) in [5.41, 5.74) is 2.23. The largest absolute Gasteiger partial charge is 0.294 e. The van der Waals surface area contributed by atoms with Gasteiger partial charge in [-0.15, -0.1) is 11.3 Å². The molecule has 1 atom stereocenters. The van der Waals surface area contributed by atoms with Crippen LogP contribution in [0.25, 0.3) is 10.2 Å². The summed E-state index contributed by atoms with van der Waals surface area (Å²) in [7, 11) is 0. The minimum atomic E-state index is 0.0574. The van der Waals surface area contributed by atoms with Gasteiger partial charge in [0.25, 0.3) is 5.56 Å². The van der Waals surface area contributed by atoms with Gasteiger partial charge in [-0.25, -0.2) is 4.98 Å². The Bertz CT molecular complexity index is 944. The van der Waals surface area contributed by atoms with Crippen molar-refractivity contribution in [2.24, 2.45) is 5.92 Å². The van der Waals surface area contributed by atoms with E-state index in [0.717, 1.165) is 35.0 Å². The fraction of sp³-hybridized carbons (Fsp3) is 0.333. The number of nitrogens with zero attached hydrogens (tertiary/aromatic N) is 2. The van der Waals surface area contributed by atoms with E-state index in [1.807, 2.05) is 24.3 Å². The monoisotopic (exact) mass is 344 g/mol. The Morgan fingerprint density at radius 1 is 1.39 bits per heavy atom. The Kier molecular flexibility index (Phi) is 3.74. The molecule has 0 spiro atoms. The molecule has 0 saturated carbocycles. The quantitative estimate of drug-likeness (QED) is 0.695. The second-order valence-electron chi connectivity index (χ2n) is 6.30. The van der Waals surface area contributed by atoms with Gasteiger partial charge in [-0.2, -0.15) is 0 Å². The molecule has 0 N–H and O–H groups in total. The van der Waals surface area contributed by atoms with Crippen LogP contribution in [0, 0.1) is 5.92 Å². The maximum atomic E-state index is 12.9. The highest BCUT2D eigenvalue weighted by molar-refractivity contribution is 7.18. The van der Waals surface area contributed by atoms with Crippen LogP contribution in [-0.2, 0) is 19.4 Å². The van der Waals surface area contributed by atoms with Gasteiger partial charge in [0.05, 0.1) is 18.3 Å². The number of aromatic nitrogens is 2. The average Bonchev–Trinajstić information content (AvgIpc) is 2.90. The van der Waals surface area contributed by atoms with E-state index >= 15 is 0 Å². The molecule has 118 valence electrons. The Morgan fingerprint density at radius 3 is 3.04 bits per heavy atom. The molecule has 0 fully saturated rings. The Hall–Kier alpha value is -1.65. The maximum absolute atomic E-state index is 12.9. The van der Waals surface area contributed by atoms with Gasteiger partial charge in [0.2, 0.25) is 0 Å². The van der Waals surface area contributed by atoms with Crippen LogP contribution < -0.4 is 5.56 Å². The van der Waals surface area contributed by atoms with Crippen LogP contribution in [0.4, 0.5) is 0 Å². The third kappa shape index (κ3) is 2.60. The fourth-order valence-electron chi connectivity index (χ4n) is 3.29. The van der Waals surface area contributed by atoms with Gasteiger partial charge < -0.3 is 0 Å². The first-order valence-electron chi connectivity index (χ1n) is 7.86. The standard InChI is InChI=1S/C18H17ClN2OS/c1-11-6-7-13-15(8-11)23-17-16(13)18(22)21(10-20-17)9-12-4-2-3-5-14(12)19/h2-5,10-11H,6-9H2,1H3/t11-/m0/s1. The van der Waals surface area contributed by atoms with Crippen LogP contribution >= 0.6 is 22.9 Å². The first kappa shape index (κ1) is 14.9. The van der Waals surface area contributed by atoms with E-state index < -0.39 is 0 Å². The van der Waals surface area contributed by atoms with Crippen LogP contribution in [0.1, 0.15) is 29.3 Å².